The van der Waals surface area contributed by atoms with E-state index in [2.05, 4.69) is 13.8 Å². The van der Waals surface area contributed by atoms with Crippen LogP contribution < -0.4 is 0 Å². The summed E-state index contributed by atoms with van der Waals surface area (Å²) in [5, 5.41) is 0. The molecule has 0 fully saturated rings. The Labute approximate surface area is 85.5 Å². The SMILES string of the molecule is CCC(C)N(C=O)Cc1ccccc1. The summed E-state index contributed by atoms with van der Waals surface area (Å²) < 4.78 is 0. The second-order valence-electron chi connectivity index (χ2n) is 3.52. The van der Waals surface area contributed by atoms with Gasteiger partial charge in [0.25, 0.3) is 0 Å². The summed E-state index contributed by atoms with van der Waals surface area (Å²) >= 11 is 0. The van der Waals surface area contributed by atoms with Crippen molar-refractivity contribution >= 4 is 6.41 Å². The second-order valence-corrected chi connectivity index (χ2v) is 3.52. The van der Waals surface area contributed by atoms with Gasteiger partial charge in [-0.25, -0.2) is 0 Å². The van der Waals surface area contributed by atoms with Crippen LogP contribution in [0.25, 0.3) is 0 Å². The van der Waals surface area contributed by atoms with E-state index in [4.69, 9.17) is 0 Å². The molecule has 0 aliphatic rings. The minimum Gasteiger partial charge on any atom is -0.338 e. The Morgan fingerprint density at radius 3 is 2.50 bits per heavy atom. The summed E-state index contributed by atoms with van der Waals surface area (Å²) in [5.74, 6) is 0. The van der Waals surface area contributed by atoms with E-state index in [0.29, 0.717) is 12.6 Å². The van der Waals surface area contributed by atoms with Gasteiger partial charge < -0.3 is 4.90 Å². The van der Waals surface area contributed by atoms with Crippen molar-refractivity contribution in [1.82, 2.24) is 4.90 Å². The van der Waals surface area contributed by atoms with E-state index >= 15 is 0 Å². The number of amides is 1. The first-order valence-electron chi connectivity index (χ1n) is 5.03. The minimum atomic E-state index is 0.313. The molecule has 0 aromatic heterocycles. The summed E-state index contributed by atoms with van der Waals surface area (Å²) in [7, 11) is 0. The van der Waals surface area contributed by atoms with Crippen LogP contribution in [0.1, 0.15) is 25.8 Å². The summed E-state index contributed by atoms with van der Waals surface area (Å²) in [6.07, 6.45) is 1.92. The van der Waals surface area contributed by atoms with Gasteiger partial charge in [-0.1, -0.05) is 37.3 Å². The predicted octanol–water partition coefficient (Wildman–Crippen LogP) is 2.44. The molecule has 0 N–H and O–H groups in total. The highest BCUT2D eigenvalue weighted by Crippen LogP contribution is 2.07. The van der Waals surface area contributed by atoms with E-state index in [-0.39, 0.29) is 0 Å². The predicted molar refractivity (Wildman–Crippen MR) is 57.8 cm³/mol. The second kappa shape index (κ2) is 5.43. The van der Waals surface area contributed by atoms with Crippen LogP contribution in [0.3, 0.4) is 0 Å². The molecule has 0 spiro atoms. The fourth-order valence-corrected chi connectivity index (χ4v) is 1.33. The molecule has 1 aromatic rings. The molecule has 0 radical (unpaired) electrons. The molecule has 0 saturated heterocycles. The van der Waals surface area contributed by atoms with Gasteiger partial charge in [-0.3, -0.25) is 4.79 Å². The topological polar surface area (TPSA) is 20.3 Å². The van der Waals surface area contributed by atoms with Crippen LogP contribution in [0.2, 0.25) is 0 Å². The van der Waals surface area contributed by atoms with E-state index in [1.54, 1.807) is 0 Å². The fraction of sp³-hybridized carbons (Fsp3) is 0.417. The van der Waals surface area contributed by atoms with Crippen molar-refractivity contribution in [3.8, 4) is 0 Å². The average Bonchev–Trinajstić information content (AvgIpc) is 2.26. The highest BCUT2D eigenvalue weighted by Gasteiger charge is 2.09. The van der Waals surface area contributed by atoms with Crippen LogP contribution in [0.5, 0.6) is 0 Å². The normalized spacial score (nSPS) is 12.1. The number of nitrogens with zero attached hydrogens (tertiary/aromatic N) is 1. The number of hydrogen-bond donors (Lipinski definition) is 0. The van der Waals surface area contributed by atoms with Crippen molar-refractivity contribution in [3.63, 3.8) is 0 Å². The molecule has 1 amide bonds. The van der Waals surface area contributed by atoms with Gasteiger partial charge in [0, 0.05) is 12.6 Å². The van der Waals surface area contributed by atoms with Crippen molar-refractivity contribution < 1.29 is 4.79 Å². The molecular weight excluding hydrogens is 174 g/mol. The lowest BCUT2D eigenvalue weighted by Crippen LogP contribution is -2.30. The van der Waals surface area contributed by atoms with E-state index in [1.807, 2.05) is 35.2 Å². The maximum absolute atomic E-state index is 10.8. The van der Waals surface area contributed by atoms with Crippen LogP contribution in [-0.4, -0.2) is 17.4 Å². The minimum absolute atomic E-state index is 0.313. The average molecular weight is 191 g/mol. The largest absolute Gasteiger partial charge is 0.338 e. The molecule has 0 bridgehead atoms. The molecule has 76 valence electrons. The van der Waals surface area contributed by atoms with E-state index in [1.165, 1.54) is 5.56 Å². The van der Waals surface area contributed by atoms with Gasteiger partial charge in [-0.05, 0) is 18.9 Å². The van der Waals surface area contributed by atoms with Crippen LogP contribution in [-0.2, 0) is 11.3 Å². The van der Waals surface area contributed by atoms with Crippen molar-refractivity contribution in [2.45, 2.75) is 32.9 Å². The van der Waals surface area contributed by atoms with Crippen molar-refractivity contribution in [3.05, 3.63) is 35.9 Å². The zero-order valence-corrected chi connectivity index (χ0v) is 8.81. The lowest BCUT2D eigenvalue weighted by Gasteiger charge is -2.23. The zero-order chi connectivity index (χ0) is 10.4. The number of rotatable bonds is 5. The van der Waals surface area contributed by atoms with Crippen molar-refractivity contribution in [2.75, 3.05) is 0 Å². The molecule has 0 heterocycles. The lowest BCUT2D eigenvalue weighted by atomic mass is 10.1. The van der Waals surface area contributed by atoms with Gasteiger partial charge in [0.05, 0.1) is 0 Å². The first-order chi connectivity index (χ1) is 6.77. The Bertz CT molecular complexity index is 271. The van der Waals surface area contributed by atoms with Gasteiger partial charge in [0.2, 0.25) is 6.41 Å². The Balaban J connectivity index is 2.61. The zero-order valence-electron chi connectivity index (χ0n) is 8.81. The molecule has 0 saturated carbocycles. The van der Waals surface area contributed by atoms with Crippen LogP contribution in [0.4, 0.5) is 0 Å². The maximum atomic E-state index is 10.8. The molecule has 0 aliphatic carbocycles. The van der Waals surface area contributed by atoms with Crippen molar-refractivity contribution in [2.24, 2.45) is 0 Å². The number of benzene rings is 1. The Morgan fingerprint density at radius 2 is 2.00 bits per heavy atom. The molecule has 1 unspecified atom stereocenters. The van der Waals surface area contributed by atoms with Gasteiger partial charge in [-0.2, -0.15) is 0 Å². The third kappa shape index (κ3) is 2.87. The standard InChI is InChI=1S/C12H17NO/c1-3-11(2)13(10-14)9-12-7-5-4-6-8-12/h4-8,10-11H,3,9H2,1-2H3. The lowest BCUT2D eigenvalue weighted by molar-refractivity contribution is -0.120. The first-order valence-corrected chi connectivity index (χ1v) is 5.03. The number of carbonyl (C=O) groups excluding carboxylic acids is 1. The smallest absolute Gasteiger partial charge is 0.210 e. The molecule has 2 nitrogen and oxygen atoms in total. The van der Waals surface area contributed by atoms with E-state index in [9.17, 15) is 4.79 Å². The highest BCUT2D eigenvalue weighted by molar-refractivity contribution is 5.48. The van der Waals surface area contributed by atoms with Crippen molar-refractivity contribution in [1.29, 1.82) is 0 Å². The number of hydrogen-bond acceptors (Lipinski definition) is 1. The van der Waals surface area contributed by atoms with Gasteiger partial charge >= 0.3 is 0 Å². The van der Waals surface area contributed by atoms with Crippen LogP contribution >= 0.6 is 0 Å². The monoisotopic (exact) mass is 191 g/mol. The third-order valence-corrected chi connectivity index (χ3v) is 2.50. The van der Waals surface area contributed by atoms with Gasteiger partial charge in [0.1, 0.15) is 0 Å². The quantitative estimate of drug-likeness (QED) is 0.655. The molecule has 1 rings (SSSR count). The summed E-state index contributed by atoms with van der Waals surface area (Å²) in [5.41, 5.74) is 1.18. The van der Waals surface area contributed by atoms with Crippen LogP contribution in [0.15, 0.2) is 30.3 Å². The summed E-state index contributed by atoms with van der Waals surface area (Å²) in [6.45, 7) is 4.86. The fourth-order valence-electron chi connectivity index (χ4n) is 1.33. The molecule has 1 aromatic carbocycles. The number of carbonyl (C=O) groups is 1. The Morgan fingerprint density at radius 1 is 1.36 bits per heavy atom. The molecule has 14 heavy (non-hydrogen) atoms. The van der Waals surface area contributed by atoms with Gasteiger partial charge in [0.15, 0.2) is 0 Å². The maximum Gasteiger partial charge on any atom is 0.210 e. The summed E-state index contributed by atoms with van der Waals surface area (Å²) in [6, 6.07) is 10.4. The van der Waals surface area contributed by atoms with Gasteiger partial charge in [-0.15, -0.1) is 0 Å². The molecular formula is C12H17NO. The highest BCUT2D eigenvalue weighted by atomic mass is 16.1. The Hall–Kier alpha value is -1.31. The van der Waals surface area contributed by atoms with E-state index in [0.717, 1.165) is 12.8 Å². The molecule has 0 aliphatic heterocycles. The Kier molecular flexibility index (Phi) is 4.17. The molecule has 2 heteroatoms. The molecule has 1 atom stereocenters. The van der Waals surface area contributed by atoms with E-state index < -0.39 is 0 Å². The summed E-state index contributed by atoms with van der Waals surface area (Å²) in [4.78, 5) is 12.7. The third-order valence-electron chi connectivity index (χ3n) is 2.50. The first kappa shape index (κ1) is 10.8. The van der Waals surface area contributed by atoms with Crippen LogP contribution in [0, 0.1) is 0 Å².